The molecule has 9 nitrogen and oxygen atoms in total. The number of tetrazole rings is 1. The van der Waals surface area contributed by atoms with Gasteiger partial charge in [-0.2, -0.15) is 5.21 Å². The lowest BCUT2D eigenvalue weighted by Gasteiger charge is -2.22. The lowest BCUT2D eigenvalue weighted by atomic mass is 9.98. The fourth-order valence-corrected chi connectivity index (χ4v) is 3.15. The number of urea groups is 1. The Hall–Kier alpha value is -3.75. The molecule has 0 spiro atoms. The summed E-state index contributed by atoms with van der Waals surface area (Å²) in [5.41, 5.74) is 3.82. The number of aromatic amines is 1. The molecular formula is C22H26N6O3. The SMILES string of the molecule is CCCCN(Cc1ccc(-c2ccccc2-c2nn[nH]n2)cc1)C(=O)NC(=O)OCC. The van der Waals surface area contributed by atoms with Gasteiger partial charge in [0.2, 0.25) is 5.82 Å². The lowest BCUT2D eigenvalue weighted by molar-refractivity contribution is 0.146. The number of hydrogen-bond donors (Lipinski definition) is 2. The molecule has 3 aromatic rings. The Balaban J connectivity index is 1.75. The Bertz CT molecular complexity index is 989. The summed E-state index contributed by atoms with van der Waals surface area (Å²) in [6.07, 6.45) is 1.05. The van der Waals surface area contributed by atoms with Gasteiger partial charge in [-0.05, 0) is 35.2 Å². The van der Waals surface area contributed by atoms with E-state index in [-0.39, 0.29) is 6.61 Å². The van der Waals surface area contributed by atoms with E-state index in [1.54, 1.807) is 11.8 Å². The number of nitrogens with zero attached hydrogens (tertiary/aromatic N) is 4. The highest BCUT2D eigenvalue weighted by Crippen LogP contribution is 2.29. The summed E-state index contributed by atoms with van der Waals surface area (Å²) in [6, 6.07) is 15.3. The number of ether oxygens (including phenoxy) is 1. The molecule has 31 heavy (non-hydrogen) atoms. The fraction of sp³-hybridized carbons (Fsp3) is 0.318. The van der Waals surface area contributed by atoms with Crippen molar-refractivity contribution < 1.29 is 14.3 Å². The molecule has 0 saturated heterocycles. The predicted octanol–water partition coefficient (Wildman–Crippen LogP) is 4.00. The zero-order chi connectivity index (χ0) is 22.1. The second kappa shape index (κ2) is 10.9. The Morgan fingerprint density at radius 3 is 2.45 bits per heavy atom. The summed E-state index contributed by atoms with van der Waals surface area (Å²) >= 11 is 0. The number of alkyl carbamates (subject to hydrolysis) is 1. The van der Waals surface area contributed by atoms with Gasteiger partial charge in [-0.25, -0.2) is 14.9 Å². The van der Waals surface area contributed by atoms with Gasteiger partial charge in [0.15, 0.2) is 0 Å². The zero-order valence-corrected chi connectivity index (χ0v) is 17.7. The van der Waals surface area contributed by atoms with Crippen molar-refractivity contribution in [3.63, 3.8) is 0 Å². The minimum absolute atomic E-state index is 0.209. The first-order valence-corrected chi connectivity index (χ1v) is 10.3. The van der Waals surface area contributed by atoms with Crippen LogP contribution in [0.3, 0.4) is 0 Å². The minimum Gasteiger partial charge on any atom is -0.450 e. The van der Waals surface area contributed by atoms with Crippen molar-refractivity contribution in [2.24, 2.45) is 0 Å². The van der Waals surface area contributed by atoms with E-state index < -0.39 is 12.1 Å². The molecule has 2 aromatic carbocycles. The highest BCUT2D eigenvalue weighted by molar-refractivity contribution is 5.90. The average molecular weight is 422 g/mol. The number of hydrogen-bond acceptors (Lipinski definition) is 6. The molecule has 0 atom stereocenters. The Labute approximate surface area is 180 Å². The van der Waals surface area contributed by atoms with Crippen LogP contribution in [-0.4, -0.2) is 50.8 Å². The summed E-state index contributed by atoms with van der Waals surface area (Å²) in [6.45, 7) is 4.89. The van der Waals surface area contributed by atoms with Gasteiger partial charge in [-0.15, -0.1) is 10.2 Å². The van der Waals surface area contributed by atoms with Gasteiger partial charge >= 0.3 is 12.1 Å². The molecule has 0 unspecified atom stereocenters. The third-order valence-electron chi connectivity index (χ3n) is 4.70. The van der Waals surface area contributed by atoms with E-state index in [9.17, 15) is 9.59 Å². The van der Waals surface area contributed by atoms with Crippen LogP contribution in [0.15, 0.2) is 48.5 Å². The number of rotatable bonds is 8. The highest BCUT2D eigenvalue weighted by Gasteiger charge is 2.17. The number of carbonyl (C=O) groups is 2. The molecule has 2 N–H and O–H groups in total. The van der Waals surface area contributed by atoms with Crippen molar-refractivity contribution in [1.82, 2.24) is 30.8 Å². The van der Waals surface area contributed by atoms with Gasteiger partial charge in [-0.1, -0.05) is 61.9 Å². The lowest BCUT2D eigenvalue weighted by Crippen LogP contribution is -2.43. The molecule has 0 aliphatic heterocycles. The molecule has 1 heterocycles. The molecule has 0 fully saturated rings. The third-order valence-corrected chi connectivity index (χ3v) is 4.70. The Morgan fingerprint density at radius 2 is 1.81 bits per heavy atom. The zero-order valence-electron chi connectivity index (χ0n) is 17.7. The van der Waals surface area contributed by atoms with E-state index in [1.807, 2.05) is 48.5 Å². The van der Waals surface area contributed by atoms with Crippen LogP contribution in [0.5, 0.6) is 0 Å². The average Bonchev–Trinajstić information content (AvgIpc) is 3.32. The van der Waals surface area contributed by atoms with Crippen LogP contribution < -0.4 is 5.32 Å². The molecule has 0 aliphatic rings. The smallest absolute Gasteiger partial charge is 0.415 e. The normalized spacial score (nSPS) is 10.5. The van der Waals surface area contributed by atoms with Crippen LogP contribution in [0.1, 0.15) is 32.3 Å². The summed E-state index contributed by atoms with van der Waals surface area (Å²) in [5.74, 6) is 0.529. The van der Waals surface area contributed by atoms with Crippen molar-refractivity contribution in [2.45, 2.75) is 33.2 Å². The van der Waals surface area contributed by atoms with Gasteiger partial charge in [0, 0.05) is 18.7 Å². The van der Waals surface area contributed by atoms with E-state index in [0.29, 0.717) is 18.9 Å². The van der Waals surface area contributed by atoms with Crippen molar-refractivity contribution in [3.05, 3.63) is 54.1 Å². The summed E-state index contributed by atoms with van der Waals surface area (Å²) in [4.78, 5) is 25.7. The van der Waals surface area contributed by atoms with E-state index in [4.69, 9.17) is 4.74 Å². The first-order valence-electron chi connectivity index (χ1n) is 10.3. The van der Waals surface area contributed by atoms with Crippen LogP contribution in [0.25, 0.3) is 22.5 Å². The molecule has 3 rings (SSSR count). The molecule has 3 amide bonds. The number of nitrogens with one attached hydrogen (secondary N) is 2. The molecule has 162 valence electrons. The highest BCUT2D eigenvalue weighted by atomic mass is 16.5. The molecular weight excluding hydrogens is 396 g/mol. The van der Waals surface area contributed by atoms with Crippen LogP contribution in [0, 0.1) is 0 Å². The second-order valence-electron chi connectivity index (χ2n) is 6.90. The van der Waals surface area contributed by atoms with Crippen molar-refractivity contribution in [3.8, 4) is 22.5 Å². The van der Waals surface area contributed by atoms with Gasteiger partial charge in [0.1, 0.15) is 0 Å². The molecule has 0 radical (unpaired) electrons. The van der Waals surface area contributed by atoms with Gasteiger partial charge in [-0.3, -0.25) is 0 Å². The first kappa shape index (κ1) is 21.9. The van der Waals surface area contributed by atoms with E-state index >= 15 is 0 Å². The monoisotopic (exact) mass is 422 g/mol. The fourth-order valence-electron chi connectivity index (χ4n) is 3.15. The molecule has 9 heteroatoms. The van der Waals surface area contributed by atoms with Crippen LogP contribution in [0.4, 0.5) is 9.59 Å². The summed E-state index contributed by atoms with van der Waals surface area (Å²) in [7, 11) is 0. The molecule has 0 saturated carbocycles. The van der Waals surface area contributed by atoms with E-state index in [1.165, 1.54) is 0 Å². The first-order chi connectivity index (χ1) is 15.1. The number of aromatic nitrogens is 4. The summed E-state index contributed by atoms with van der Waals surface area (Å²) < 4.78 is 4.81. The van der Waals surface area contributed by atoms with Crippen molar-refractivity contribution in [2.75, 3.05) is 13.2 Å². The van der Waals surface area contributed by atoms with Crippen LogP contribution in [-0.2, 0) is 11.3 Å². The predicted molar refractivity (Wildman–Crippen MR) is 116 cm³/mol. The summed E-state index contributed by atoms with van der Waals surface area (Å²) in [5, 5.41) is 16.5. The Kier molecular flexibility index (Phi) is 7.69. The van der Waals surface area contributed by atoms with E-state index in [0.717, 1.165) is 35.1 Å². The topological polar surface area (TPSA) is 113 Å². The van der Waals surface area contributed by atoms with E-state index in [2.05, 4.69) is 32.9 Å². The number of unbranched alkanes of at least 4 members (excludes halogenated alkanes) is 1. The number of carbonyl (C=O) groups excluding carboxylic acids is 2. The maximum atomic E-state index is 12.5. The van der Waals surface area contributed by atoms with Crippen molar-refractivity contribution >= 4 is 12.1 Å². The van der Waals surface area contributed by atoms with Crippen molar-refractivity contribution in [1.29, 1.82) is 0 Å². The number of amides is 3. The van der Waals surface area contributed by atoms with Crippen LogP contribution >= 0.6 is 0 Å². The molecule has 0 aliphatic carbocycles. The maximum absolute atomic E-state index is 12.5. The quantitative estimate of drug-likeness (QED) is 0.567. The minimum atomic E-state index is -0.734. The maximum Gasteiger partial charge on any atom is 0.415 e. The Morgan fingerprint density at radius 1 is 1.06 bits per heavy atom. The van der Waals surface area contributed by atoms with Gasteiger partial charge in [0.05, 0.1) is 6.61 Å². The number of imide groups is 1. The number of H-pyrrole nitrogens is 1. The van der Waals surface area contributed by atoms with Gasteiger partial charge < -0.3 is 9.64 Å². The standard InChI is InChI=1S/C22H26N6O3/c1-3-5-14-28(21(29)23-22(30)31-4-2)15-16-10-12-17(13-11-16)18-8-6-7-9-19(18)20-24-26-27-25-20/h6-13H,3-5,14-15H2,1-2H3,(H,23,29,30)(H,24,25,26,27). The molecule has 1 aromatic heterocycles. The number of benzene rings is 2. The van der Waals surface area contributed by atoms with Crippen LogP contribution in [0.2, 0.25) is 0 Å². The largest absolute Gasteiger partial charge is 0.450 e. The second-order valence-corrected chi connectivity index (χ2v) is 6.90. The molecule has 0 bridgehead atoms. The van der Waals surface area contributed by atoms with Gasteiger partial charge in [0.25, 0.3) is 0 Å². The third kappa shape index (κ3) is 5.88.